The number of rotatable bonds is 3. The van der Waals surface area contributed by atoms with Crippen molar-refractivity contribution in [3.05, 3.63) is 33.5 Å². The molecule has 0 saturated heterocycles. The highest BCUT2D eigenvalue weighted by Crippen LogP contribution is 2.21. The van der Waals surface area contributed by atoms with Gasteiger partial charge in [0, 0.05) is 10.9 Å². The van der Waals surface area contributed by atoms with Crippen LogP contribution in [-0.2, 0) is 11.2 Å². The molecule has 0 fully saturated rings. The van der Waals surface area contributed by atoms with Gasteiger partial charge in [-0.05, 0) is 24.1 Å². The van der Waals surface area contributed by atoms with Gasteiger partial charge in [0.2, 0.25) is 0 Å². The Morgan fingerprint density at radius 3 is 2.80 bits per heavy atom. The second-order valence-corrected chi connectivity index (χ2v) is 4.20. The highest BCUT2D eigenvalue weighted by atomic mass is 79.9. The van der Waals surface area contributed by atoms with E-state index in [0.717, 1.165) is 5.56 Å². The molecule has 0 aliphatic carbocycles. The highest BCUT2D eigenvalue weighted by Gasteiger charge is 2.15. The number of carbonyl (C=O) groups is 1. The molecule has 0 aliphatic heterocycles. The molecule has 0 amide bonds. The smallest absolute Gasteiger partial charge is 0.320 e. The van der Waals surface area contributed by atoms with Gasteiger partial charge in [-0.25, -0.2) is 4.39 Å². The van der Waals surface area contributed by atoms with Crippen molar-refractivity contribution >= 4 is 21.9 Å². The maximum Gasteiger partial charge on any atom is 0.320 e. The summed E-state index contributed by atoms with van der Waals surface area (Å²) in [5.41, 5.74) is 6.50. The fourth-order valence-electron chi connectivity index (χ4n) is 1.20. The molecule has 0 saturated carbocycles. The van der Waals surface area contributed by atoms with Gasteiger partial charge in [0.15, 0.2) is 0 Å². The Morgan fingerprint density at radius 2 is 2.27 bits per heavy atom. The number of halogens is 2. The summed E-state index contributed by atoms with van der Waals surface area (Å²) in [7, 11) is 0. The Labute approximate surface area is 95.2 Å². The zero-order valence-corrected chi connectivity index (χ0v) is 9.71. The monoisotopic (exact) mass is 275 g/mol. The minimum Gasteiger partial charge on any atom is -0.480 e. The highest BCUT2D eigenvalue weighted by molar-refractivity contribution is 9.10. The molecule has 1 atom stereocenters. The van der Waals surface area contributed by atoms with Crippen LogP contribution in [0.2, 0.25) is 0 Å². The van der Waals surface area contributed by atoms with E-state index < -0.39 is 17.8 Å². The van der Waals surface area contributed by atoms with Crippen molar-refractivity contribution < 1.29 is 14.3 Å². The number of nitrogens with two attached hydrogens (primary N) is 1. The van der Waals surface area contributed by atoms with Crippen LogP contribution in [0.15, 0.2) is 16.6 Å². The third-order valence-corrected chi connectivity index (χ3v) is 2.94. The minimum atomic E-state index is -1.13. The average molecular weight is 276 g/mol. The summed E-state index contributed by atoms with van der Waals surface area (Å²) in [4.78, 5) is 10.5. The molecule has 0 aliphatic rings. The SMILES string of the molecule is Cc1cc(CC(N)C(=O)O)c(F)cc1Br. The van der Waals surface area contributed by atoms with Crippen molar-refractivity contribution in [3.63, 3.8) is 0 Å². The zero-order chi connectivity index (χ0) is 11.6. The van der Waals surface area contributed by atoms with Crippen molar-refractivity contribution in [1.82, 2.24) is 0 Å². The first kappa shape index (κ1) is 12.1. The van der Waals surface area contributed by atoms with E-state index in [-0.39, 0.29) is 6.42 Å². The summed E-state index contributed by atoms with van der Waals surface area (Å²) in [6.45, 7) is 1.80. The Hall–Kier alpha value is -0.940. The average Bonchev–Trinajstić information content (AvgIpc) is 2.13. The molecular weight excluding hydrogens is 265 g/mol. The largest absolute Gasteiger partial charge is 0.480 e. The Balaban J connectivity index is 2.95. The summed E-state index contributed by atoms with van der Waals surface area (Å²) < 4.78 is 14.0. The van der Waals surface area contributed by atoms with Gasteiger partial charge in [-0.1, -0.05) is 22.0 Å². The van der Waals surface area contributed by atoms with Crippen LogP contribution in [-0.4, -0.2) is 17.1 Å². The number of aryl methyl sites for hydroxylation is 1. The van der Waals surface area contributed by atoms with Gasteiger partial charge < -0.3 is 10.8 Å². The molecule has 1 rings (SSSR count). The van der Waals surface area contributed by atoms with Crippen molar-refractivity contribution in [3.8, 4) is 0 Å². The molecule has 0 aromatic heterocycles. The Bertz CT molecular complexity index is 395. The summed E-state index contributed by atoms with van der Waals surface area (Å²) >= 11 is 3.19. The lowest BCUT2D eigenvalue weighted by molar-refractivity contribution is -0.138. The van der Waals surface area contributed by atoms with E-state index in [4.69, 9.17) is 10.8 Å². The maximum atomic E-state index is 13.4. The third-order valence-electron chi connectivity index (χ3n) is 2.08. The van der Waals surface area contributed by atoms with E-state index in [0.29, 0.717) is 10.0 Å². The van der Waals surface area contributed by atoms with Crippen LogP contribution < -0.4 is 5.73 Å². The van der Waals surface area contributed by atoms with Crippen LogP contribution in [0, 0.1) is 12.7 Å². The van der Waals surface area contributed by atoms with E-state index >= 15 is 0 Å². The summed E-state index contributed by atoms with van der Waals surface area (Å²) in [5.74, 6) is -1.57. The lowest BCUT2D eigenvalue weighted by Gasteiger charge is -2.09. The first-order chi connectivity index (χ1) is 6.91. The molecule has 1 aromatic rings. The number of carboxylic acids is 1. The van der Waals surface area contributed by atoms with Gasteiger partial charge in [0.05, 0.1) is 0 Å². The normalized spacial score (nSPS) is 12.5. The number of aliphatic carboxylic acids is 1. The van der Waals surface area contributed by atoms with Gasteiger partial charge in [-0.2, -0.15) is 0 Å². The predicted molar refractivity (Wildman–Crippen MR) is 58.2 cm³/mol. The second-order valence-electron chi connectivity index (χ2n) is 3.34. The fourth-order valence-corrected chi connectivity index (χ4v) is 1.51. The van der Waals surface area contributed by atoms with Crippen LogP contribution >= 0.6 is 15.9 Å². The maximum absolute atomic E-state index is 13.4. The van der Waals surface area contributed by atoms with Crippen molar-refractivity contribution in [2.75, 3.05) is 0 Å². The summed E-state index contributed by atoms with van der Waals surface area (Å²) in [6, 6.07) is 1.85. The van der Waals surface area contributed by atoms with E-state index in [1.807, 2.05) is 0 Å². The second kappa shape index (κ2) is 4.72. The lowest BCUT2D eigenvalue weighted by Crippen LogP contribution is -2.32. The van der Waals surface area contributed by atoms with Crippen LogP contribution in [0.1, 0.15) is 11.1 Å². The zero-order valence-electron chi connectivity index (χ0n) is 8.13. The topological polar surface area (TPSA) is 63.3 Å². The molecule has 15 heavy (non-hydrogen) atoms. The van der Waals surface area contributed by atoms with Crippen molar-refractivity contribution in [2.45, 2.75) is 19.4 Å². The van der Waals surface area contributed by atoms with Crippen LogP contribution in [0.25, 0.3) is 0 Å². The molecule has 3 nitrogen and oxygen atoms in total. The summed E-state index contributed by atoms with van der Waals surface area (Å²) in [6.07, 6.45) is -0.00468. The number of carboxylic acid groups (broad SMARTS) is 1. The fraction of sp³-hybridized carbons (Fsp3) is 0.300. The molecule has 1 unspecified atom stereocenters. The van der Waals surface area contributed by atoms with Gasteiger partial charge in [0.1, 0.15) is 11.9 Å². The molecule has 0 spiro atoms. The molecule has 3 N–H and O–H groups in total. The van der Waals surface area contributed by atoms with E-state index in [9.17, 15) is 9.18 Å². The van der Waals surface area contributed by atoms with E-state index in [1.54, 1.807) is 13.0 Å². The van der Waals surface area contributed by atoms with Crippen LogP contribution in [0.3, 0.4) is 0 Å². The molecule has 0 bridgehead atoms. The van der Waals surface area contributed by atoms with Crippen molar-refractivity contribution in [2.24, 2.45) is 5.73 Å². The van der Waals surface area contributed by atoms with Crippen LogP contribution in [0.5, 0.6) is 0 Å². The van der Waals surface area contributed by atoms with E-state index in [1.165, 1.54) is 6.07 Å². The molecular formula is C10H11BrFNO2. The third kappa shape index (κ3) is 3.00. The number of benzene rings is 1. The molecule has 5 heteroatoms. The van der Waals surface area contributed by atoms with Gasteiger partial charge in [-0.3, -0.25) is 4.79 Å². The standard InChI is InChI=1S/C10H11BrFNO2/c1-5-2-6(3-9(13)10(14)15)8(12)4-7(5)11/h2,4,9H,3,13H2,1H3,(H,14,15). The van der Waals surface area contributed by atoms with Gasteiger partial charge >= 0.3 is 5.97 Å². The van der Waals surface area contributed by atoms with Crippen LogP contribution in [0.4, 0.5) is 4.39 Å². The number of hydrogen-bond donors (Lipinski definition) is 2. The molecule has 82 valence electrons. The van der Waals surface area contributed by atoms with Crippen molar-refractivity contribution in [1.29, 1.82) is 0 Å². The Kier molecular flexibility index (Phi) is 3.82. The minimum absolute atomic E-state index is 0.00468. The van der Waals surface area contributed by atoms with Gasteiger partial charge in [-0.15, -0.1) is 0 Å². The van der Waals surface area contributed by atoms with E-state index in [2.05, 4.69) is 15.9 Å². The molecule has 1 aromatic carbocycles. The van der Waals surface area contributed by atoms with Gasteiger partial charge in [0.25, 0.3) is 0 Å². The Morgan fingerprint density at radius 1 is 1.67 bits per heavy atom. The quantitative estimate of drug-likeness (QED) is 0.885. The summed E-state index contributed by atoms with van der Waals surface area (Å²) in [5, 5.41) is 8.60. The first-order valence-electron chi connectivity index (χ1n) is 4.34. The predicted octanol–water partition coefficient (Wildman–Crippen LogP) is 1.85. The lowest BCUT2D eigenvalue weighted by atomic mass is 10.0. The first-order valence-corrected chi connectivity index (χ1v) is 5.14. The molecule has 0 heterocycles. The molecule has 0 radical (unpaired) electrons. The number of hydrogen-bond acceptors (Lipinski definition) is 2.